The number of nitrogens with zero attached hydrogens (tertiary/aromatic N) is 1. The summed E-state index contributed by atoms with van der Waals surface area (Å²) in [5, 5.41) is 2.86. The fourth-order valence-corrected chi connectivity index (χ4v) is 5.59. The van der Waals surface area contributed by atoms with Crippen LogP contribution in [0.5, 0.6) is 11.5 Å². The van der Waals surface area contributed by atoms with Gasteiger partial charge in [-0.25, -0.2) is 8.42 Å². The smallest absolute Gasteiger partial charge is 0.264 e. The van der Waals surface area contributed by atoms with Gasteiger partial charge < -0.3 is 14.8 Å². The molecule has 7 nitrogen and oxygen atoms in total. The Kier molecular flexibility index (Phi) is 10.7. The summed E-state index contributed by atoms with van der Waals surface area (Å²) in [6.45, 7) is 4.99. The highest BCUT2D eigenvalue weighted by molar-refractivity contribution is 7.98. The van der Waals surface area contributed by atoms with Crippen molar-refractivity contribution in [3.63, 3.8) is 0 Å². The molecule has 0 bridgehead atoms. The van der Waals surface area contributed by atoms with Crippen molar-refractivity contribution in [1.82, 2.24) is 5.32 Å². The van der Waals surface area contributed by atoms with Gasteiger partial charge in [-0.3, -0.25) is 9.10 Å². The summed E-state index contributed by atoms with van der Waals surface area (Å²) in [6.07, 6.45) is 3.36. The molecule has 1 N–H and O–H groups in total. The molecule has 0 aliphatic rings. The Morgan fingerprint density at radius 2 is 1.59 bits per heavy atom. The average Bonchev–Trinajstić information content (AvgIpc) is 2.91. The minimum Gasteiger partial charge on any atom is -0.494 e. The normalized spacial score (nSPS) is 11.1. The zero-order chi connectivity index (χ0) is 26.7. The average molecular weight is 543 g/mol. The zero-order valence-corrected chi connectivity index (χ0v) is 23.1. The van der Waals surface area contributed by atoms with Crippen LogP contribution in [0.25, 0.3) is 0 Å². The van der Waals surface area contributed by atoms with Gasteiger partial charge >= 0.3 is 0 Å². The van der Waals surface area contributed by atoms with Crippen molar-refractivity contribution in [1.29, 1.82) is 0 Å². The van der Waals surface area contributed by atoms with Gasteiger partial charge in [-0.1, -0.05) is 18.2 Å². The number of nitrogens with one attached hydrogen (secondary N) is 1. The molecule has 0 aromatic heterocycles. The second kappa shape index (κ2) is 13.9. The maximum atomic E-state index is 13.6. The summed E-state index contributed by atoms with van der Waals surface area (Å²) in [7, 11) is -3.98. The third-order valence-electron chi connectivity index (χ3n) is 5.59. The van der Waals surface area contributed by atoms with Gasteiger partial charge in [0.05, 0.1) is 23.8 Å². The molecule has 0 heterocycles. The van der Waals surface area contributed by atoms with E-state index in [-0.39, 0.29) is 17.3 Å². The van der Waals surface area contributed by atoms with Crippen molar-refractivity contribution < 1.29 is 22.7 Å². The summed E-state index contributed by atoms with van der Waals surface area (Å²) in [5.74, 6) is 1.09. The van der Waals surface area contributed by atoms with E-state index in [9.17, 15) is 13.2 Å². The zero-order valence-electron chi connectivity index (χ0n) is 21.5. The van der Waals surface area contributed by atoms with Crippen LogP contribution in [0, 0.1) is 0 Å². The molecule has 0 unspecified atom stereocenters. The highest BCUT2D eigenvalue weighted by atomic mass is 32.2. The van der Waals surface area contributed by atoms with Crippen molar-refractivity contribution in [2.45, 2.75) is 36.5 Å². The summed E-state index contributed by atoms with van der Waals surface area (Å²) >= 11 is 1.53. The number of carbonyl (C=O) groups is 1. The van der Waals surface area contributed by atoms with Crippen LogP contribution in [0.2, 0.25) is 0 Å². The molecule has 0 aliphatic carbocycles. The van der Waals surface area contributed by atoms with Crippen LogP contribution < -0.4 is 19.1 Å². The molecule has 0 atom stereocenters. The maximum Gasteiger partial charge on any atom is 0.264 e. The molecule has 0 radical (unpaired) electrons. The number of sulfonamides is 1. The molecule has 0 saturated heterocycles. The number of aryl methyl sites for hydroxylation is 1. The van der Waals surface area contributed by atoms with Crippen molar-refractivity contribution >= 4 is 33.4 Å². The third kappa shape index (κ3) is 7.90. The number of carbonyl (C=O) groups excluding carboxylic acids is 1. The van der Waals surface area contributed by atoms with E-state index in [1.165, 1.54) is 11.8 Å². The number of para-hydroxylation sites is 1. The first-order chi connectivity index (χ1) is 17.9. The monoisotopic (exact) mass is 542 g/mol. The summed E-state index contributed by atoms with van der Waals surface area (Å²) < 4.78 is 39.5. The van der Waals surface area contributed by atoms with E-state index in [4.69, 9.17) is 9.47 Å². The van der Waals surface area contributed by atoms with Crippen LogP contribution >= 0.6 is 11.8 Å². The van der Waals surface area contributed by atoms with Gasteiger partial charge in [-0.15, -0.1) is 11.8 Å². The lowest BCUT2D eigenvalue weighted by Crippen LogP contribution is -2.41. The van der Waals surface area contributed by atoms with E-state index in [0.29, 0.717) is 37.6 Å². The number of anilines is 1. The van der Waals surface area contributed by atoms with E-state index >= 15 is 0 Å². The molecule has 3 aromatic carbocycles. The van der Waals surface area contributed by atoms with Gasteiger partial charge in [0, 0.05) is 11.4 Å². The highest BCUT2D eigenvalue weighted by Gasteiger charge is 2.27. The van der Waals surface area contributed by atoms with Crippen LogP contribution in [-0.4, -0.2) is 46.9 Å². The fourth-order valence-electron chi connectivity index (χ4n) is 3.76. The first kappa shape index (κ1) is 28.4. The molecule has 198 valence electrons. The first-order valence-electron chi connectivity index (χ1n) is 12.3. The minimum absolute atomic E-state index is 0.125. The highest BCUT2D eigenvalue weighted by Crippen LogP contribution is 2.27. The van der Waals surface area contributed by atoms with Crippen LogP contribution in [-0.2, 0) is 21.2 Å². The van der Waals surface area contributed by atoms with Gasteiger partial charge in [-0.05, 0) is 93.1 Å². The Morgan fingerprint density at radius 1 is 0.919 bits per heavy atom. The topological polar surface area (TPSA) is 84.9 Å². The molecule has 37 heavy (non-hydrogen) atoms. The summed E-state index contributed by atoms with van der Waals surface area (Å²) in [5.41, 5.74) is 1.46. The van der Waals surface area contributed by atoms with Gasteiger partial charge in [0.2, 0.25) is 5.91 Å². The Hall–Kier alpha value is -3.17. The molecule has 3 rings (SSSR count). The van der Waals surface area contributed by atoms with E-state index in [1.807, 2.05) is 44.4 Å². The van der Waals surface area contributed by atoms with Gasteiger partial charge in [0.1, 0.15) is 18.0 Å². The van der Waals surface area contributed by atoms with Crippen molar-refractivity contribution in [3.8, 4) is 11.5 Å². The minimum atomic E-state index is -3.98. The number of thioether (sulfide) groups is 1. The van der Waals surface area contributed by atoms with Gasteiger partial charge in [-0.2, -0.15) is 0 Å². The van der Waals surface area contributed by atoms with Gasteiger partial charge in [0.15, 0.2) is 0 Å². The summed E-state index contributed by atoms with van der Waals surface area (Å²) in [6, 6.07) is 21.2. The molecular formula is C28H34N2O5S2. The molecule has 9 heteroatoms. The standard InChI is InChI=1S/C28H34N2O5S2/c1-4-34-24-14-12-23(13-15-24)30(37(32,33)26-18-16-25(36-3)17-19-26)21-28(31)29-20-8-10-22-9-6-7-11-27(22)35-5-2/h6-7,9,11-19H,4-5,8,10,20-21H2,1-3H3,(H,29,31). The van der Waals surface area contributed by atoms with E-state index in [0.717, 1.165) is 26.9 Å². The van der Waals surface area contributed by atoms with Crippen molar-refractivity contribution in [2.75, 3.05) is 36.9 Å². The molecule has 3 aromatic rings. The molecule has 0 saturated carbocycles. The second-order valence-electron chi connectivity index (χ2n) is 8.11. The molecule has 0 aliphatic heterocycles. The number of amides is 1. The predicted molar refractivity (Wildman–Crippen MR) is 149 cm³/mol. The van der Waals surface area contributed by atoms with E-state index < -0.39 is 10.0 Å². The summed E-state index contributed by atoms with van der Waals surface area (Å²) in [4.78, 5) is 14.0. The molecule has 0 spiro atoms. The first-order valence-corrected chi connectivity index (χ1v) is 14.9. The number of ether oxygens (including phenoxy) is 2. The Morgan fingerprint density at radius 3 is 2.24 bits per heavy atom. The molecular weight excluding hydrogens is 508 g/mol. The lowest BCUT2D eigenvalue weighted by Gasteiger charge is -2.24. The van der Waals surface area contributed by atoms with Gasteiger partial charge in [0.25, 0.3) is 10.0 Å². The Balaban J connectivity index is 1.72. The Labute approximate surface area is 224 Å². The van der Waals surface area contributed by atoms with Crippen molar-refractivity contribution in [3.05, 3.63) is 78.4 Å². The SMILES string of the molecule is CCOc1ccc(N(CC(=O)NCCCc2ccccc2OCC)S(=O)(=O)c2ccc(SC)cc2)cc1. The van der Waals surface area contributed by atoms with E-state index in [1.54, 1.807) is 48.5 Å². The quantitative estimate of drug-likeness (QED) is 0.224. The molecule has 1 amide bonds. The molecule has 0 fully saturated rings. The van der Waals surface area contributed by atoms with Crippen LogP contribution in [0.1, 0.15) is 25.8 Å². The van der Waals surface area contributed by atoms with E-state index in [2.05, 4.69) is 5.32 Å². The second-order valence-corrected chi connectivity index (χ2v) is 10.9. The third-order valence-corrected chi connectivity index (χ3v) is 8.12. The number of hydrogen-bond donors (Lipinski definition) is 1. The van der Waals surface area contributed by atoms with Crippen LogP contribution in [0.3, 0.4) is 0 Å². The van der Waals surface area contributed by atoms with Crippen LogP contribution in [0.15, 0.2) is 82.6 Å². The lowest BCUT2D eigenvalue weighted by molar-refractivity contribution is -0.119. The van der Waals surface area contributed by atoms with Crippen molar-refractivity contribution in [2.24, 2.45) is 0 Å². The van der Waals surface area contributed by atoms with Crippen LogP contribution in [0.4, 0.5) is 5.69 Å². The Bertz CT molecular complexity index is 1250. The number of benzene rings is 3. The number of hydrogen-bond acceptors (Lipinski definition) is 6. The predicted octanol–water partition coefficient (Wildman–Crippen LogP) is 5.15. The largest absolute Gasteiger partial charge is 0.494 e. The lowest BCUT2D eigenvalue weighted by atomic mass is 10.1. The maximum absolute atomic E-state index is 13.6. The fraction of sp³-hybridized carbons (Fsp3) is 0.321. The number of rotatable bonds is 14.